The van der Waals surface area contributed by atoms with Gasteiger partial charge in [-0.3, -0.25) is 0 Å². The summed E-state index contributed by atoms with van der Waals surface area (Å²) in [6, 6.07) is 0.369. The monoisotopic (exact) mass is 191 g/mol. The minimum atomic E-state index is 0.369. The number of hydrogen-bond acceptors (Lipinski definition) is 3. The molecule has 74 valence electrons. The van der Waals surface area contributed by atoms with Crippen LogP contribution < -0.4 is 5.73 Å². The molecule has 0 aromatic rings. The summed E-state index contributed by atoms with van der Waals surface area (Å²) in [6.07, 6.45) is 3.71. The van der Waals surface area contributed by atoms with E-state index in [1.807, 2.05) is 11.8 Å². The van der Waals surface area contributed by atoms with Crippen molar-refractivity contribution in [2.45, 2.75) is 32.2 Å². The van der Waals surface area contributed by atoms with Gasteiger partial charge in [0.2, 0.25) is 0 Å². The van der Waals surface area contributed by atoms with Crippen molar-refractivity contribution in [1.82, 2.24) is 0 Å². The summed E-state index contributed by atoms with van der Waals surface area (Å²) in [5, 5.41) is 0. The summed E-state index contributed by atoms with van der Waals surface area (Å²) in [4.78, 5) is 0. The van der Waals surface area contributed by atoms with Gasteiger partial charge in [-0.2, -0.15) is 11.8 Å². The van der Waals surface area contributed by atoms with Crippen LogP contribution in [-0.4, -0.2) is 31.3 Å². The number of methoxy groups -OCH3 is 1. The Labute approximate surface area is 80.2 Å². The summed E-state index contributed by atoms with van der Waals surface area (Å²) in [5.74, 6) is 2.37. The molecule has 1 atom stereocenters. The van der Waals surface area contributed by atoms with Gasteiger partial charge >= 0.3 is 0 Å². The number of thioether (sulfide) groups is 1. The molecule has 0 aliphatic heterocycles. The maximum absolute atomic E-state index is 5.63. The lowest BCUT2D eigenvalue weighted by Crippen LogP contribution is -2.14. The van der Waals surface area contributed by atoms with Crippen molar-refractivity contribution in [3.63, 3.8) is 0 Å². The molecule has 2 nitrogen and oxygen atoms in total. The molecule has 3 heteroatoms. The molecule has 0 aliphatic carbocycles. The van der Waals surface area contributed by atoms with Gasteiger partial charge in [0, 0.05) is 18.9 Å². The lowest BCUT2D eigenvalue weighted by Gasteiger charge is -2.04. The Bertz CT molecular complexity index is 88.6. The van der Waals surface area contributed by atoms with E-state index in [0.29, 0.717) is 6.04 Å². The Hall–Kier alpha value is 0.270. The van der Waals surface area contributed by atoms with Crippen molar-refractivity contribution < 1.29 is 4.74 Å². The first kappa shape index (κ1) is 12.3. The van der Waals surface area contributed by atoms with Crippen molar-refractivity contribution in [3.8, 4) is 0 Å². The van der Waals surface area contributed by atoms with Crippen LogP contribution in [0.1, 0.15) is 26.2 Å². The zero-order valence-electron chi connectivity index (χ0n) is 8.21. The quantitative estimate of drug-likeness (QED) is 0.595. The lowest BCUT2D eigenvalue weighted by atomic mass is 10.2. The fourth-order valence-electron chi connectivity index (χ4n) is 0.915. The van der Waals surface area contributed by atoms with Crippen molar-refractivity contribution >= 4 is 11.8 Å². The molecule has 0 aromatic heterocycles. The summed E-state index contributed by atoms with van der Waals surface area (Å²) in [7, 11) is 1.75. The van der Waals surface area contributed by atoms with E-state index in [4.69, 9.17) is 10.5 Å². The van der Waals surface area contributed by atoms with Gasteiger partial charge in [-0.15, -0.1) is 0 Å². The highest BCUT2D eigenvalue weighted by Crippen LogP contribution is 2.06. The minimum Gasteiger partial charge on any atom is -0.384 e. The van der Waals surface area contributed by atoms with E-state index in [0.717, 1.165) is 18.8 Å². The van der Waals surface area contributed by atoms with Crippen LogP contribution >= 0.6 is 11.8 Å². The van der Waals surface area contributed by atoms with Crippen LogP contribution in [-0.2, 0) is 4.74 Å². The van der Waals surface area contributed by atoms with Crippen LogP contribution in [0.2, 0.25) is 0 Å². The predicted molar refractivity (Wildman–Crippen MR) is 56.7 cm³/mol. The Kier molecular flexibility index (Phi) is 9.57. The van der Waals surface area contributed by atoms with Crippen molar-refractivity contribution in [1.29, 1.82) is 0 Å². The van der Waals surface area contributed by atoms with E-state index < -0.39 is 0 Å². The first-order chi connectivity index (χ1) is 5.77. The Morgan fingerprint density at radius 3 is 2.67 bits per heavy atom. The molecule has 0 bridgehead atoms. The van der Waals surface area contributed by atoms with E-state index in [2.05, 4.69) is 6.92 Å². The van der Waals surface area contributed by atoms with Crippen LogP contribution in [0.3, 0.4) is 0 Å². The smallest absolute Gasteiger partial charge is 0.0552 e. The molecule has 0 amide bonds. The summed E-state index contributed by atoms with van der Waals surface area (Å²) in [6.45, 7) is 2.94. The first-order valence-corrected chi connectivity index (χ1v) is 5.75. The third kappa shape index (κ3) is 10.3. The van der Waals surface area contributed by atoms with Crippen LogP contribution in [0.5, 0.6) is 0 Å². The second kappa shape index (κ2) is 9.36. The van der Waals surface area contributed by atoms with Gasteiger partial charge in [-0.1, -0.05) is 6.42 Å². The third-order valence-electron chi connectivity index (χ3n) is 1.63. The lowest BCUT2D eigenvalue weighted by molar-refractivity contribution is 0.218. The van der Waals surface area contributed by atoms with Crippen LogP contribution in [0.15, 0.2) is 0 Å². The minimum absolute atomic E-state index is 0.369. The summed E-state index contributed by atoms with van der Waals surface area (Å²) >= 11 is 1.96. The van der Waals surface area contributed by atoms with Gasteiger partial charge in [-0.25, -0.2) is 0 Å². The highest BCUT2D eigenvalue weighted by atomic mass is 32.2. The zero-order valence-corrected chi connectivity index (χ0v) is 9.03. The van der Waals surface area contributed by atoms with E-state index in [1.54, 1.807) is 7.11 Å². The van der Waals surface area contributed by atoms with E-state index in [1.165, 1.54) is 18.6 Å². The Morgan fingerprint density at radius 1 is 1.33 bits per heavy atom. The highest BCUT2D eigenvalue weighted by molar-refractivity contribution is 7.99. The fraction of sp³-hybridized carbons (Fsp3) is 1.00. The van der Waals surface area contributed by atoms with E-state index >= 15 is 0 Å². The maximum atomic E-state index is 5.63. The Balaban J connectivity index is 2.82. The molecule has 0 saturated carbocycles. The summed E-state index contributed by atoms with van der Waals surface area (Å²) in [5.41, 5.74) is 5.63. The molecule has 0 spiro atoms. The maximum Gasteiger partial charge on any atom is 0.0552 e. The van der Waals surface area contributed by atoms with Crippen molar-refractivity contribution in [3.05, 3.63) is 0 Å². The van der Waals surface area contributed by atoms with Gasteiger partial charge in [-0.05, 0) is 25.5 Å². The van der Waals surface area contributed by atoms with Crippen LogP contribution in [0.25, 0.3) is 0 Å². The van der Waals surface area contributed by atoms with Gasteiger partial charge in [0.15, 0.2) is 0 Å². The molecule has 2 N–H and O–H groups in total. The van der Waals surface area contributed by atoms with Crippen molar-refractivity contribution in [2.75, 3.05) is 25.2 Å². The number of hydrogen-bond donors (Lipinski definition) is 1. The largest absolute Gasteiger partial charge is 0.384 e. The number of unbranched alkanes of at least 4 members (excludes halogenated alkanes) is 1. The van der Waals surface area contributed by atoms with E-state index in [9.17, 15) is 0 Å². The average Bonchev–Trinajstić information content (AvgIpc) is 2.02. The van der Waals surface area contributed by atoms with Gasteiger partial charge < -0.3 is 10.5 Å². The standard InChI is InChI=1S/C9H21NOS/c1-9(10)5-3-4-7-12-8-6-11-2/h9H,3-8,10H2,1-2H3. The molecule has 12 heavy (non-hydrogen) atoms. The number of ether oxygens (including phenoxy) is 1. The van der Waals surface area contributed by atoms with Gasteiger partial charge in [0.1, 0.15) is 0 Å². The topological polar surface area (TPSA) is 35.2 Å². The zero-order chi connectivity index (χ0) is 9.23. The van der Waals surface area contributed by atoms with Crippen LogP contribution in [0.4, 0.5) is 0 Å². The fourth-order valence-corrected chi connectivity index (χ4v) is 1.81. The normalized spacial score (nSPS) is 13.2. The summed E-state index contributed by atoms with van der Waals surface area (Å²) < 4.78 is 4.95. The SMILES string of the molecule is COCCSCCCCC(C)N. The van der Waals surface area contributed by atoms with Crippen molar-refractivity contribution in [2.24, 2.45) is 5.73 Å². The number of nitrogens with two attached hydrogens (primary N) is 1. The number of rotatable bonds is 8. The predicted octanol–water partition coefficient (Wildman–Crippen LogP) is 1.88. The molecule has 0 saturated heterocycles. The molecule has 0 aromatic carbocycles. The molecular weight excluding hydrogens is 170 g/mol. The molecule has 0 aliphatic rings. The average molecular weight is 191 g/mol. The second-order valence-corrected chi connectivity index (χ2v) is 4.30. The molecular formula is C9H21NOS. The van der Waals surface area contributed by atoms with E-state index in [-0.39, 0.29) is 0 Å². The molecule has 0 heterocycles. The molecule has 0 radical (unpaired) electrons. The molecule has 0 rings (SSSR count). The highest BCUT2D eigenvalue weighted by Gasteiger charge is 1.94. The molecule has 0 fully saturated rings. The second-order valence-electron chi connectivity index (χ2n) is 3.08. The van der Waals surface area contributed by atoms with Crippen LogP contribution in [0, 0.1) is 0 Å². The third-order valence-corrected chi connectivity index (χ3v) is 2.66. The van der Waals surface area contributed by atoms with Gasteiger partial charge in [0.05, 0.1) is 6.61 Å². The first-order valence-electron chi connectivity index (χ1n) is 4.59. The molecule has 1 unspecified atom stereocenters. The van der Waals surface area contributed by atoms with Gasteiger partial charge in [0.25, 0.3) is 0 Å². The Morgan fingerprint density at radius 2 is 2.08 bits per heavy atom.